The van der Waals surface area contributed by atoms with E-state index < -0.39 is 0 Å². The van der Waals surface area contributed by atoms with Crippen LogP contribution in [-0.4, -0.2) is 79.4 Å². The van der Waals surface area contributed by atoms with Gasteiger partial charge in [0.1, 0.15) is 18.1 Å². The molecule has 218 valence electrons. The molecule has 0 radical (unpaired) electrons. The van der Waals surface area contributed by atoms with Crippen molar-refractivity contribution in [3.63, 3.8) is 0 Å². The number of nitrogens with zero attached hydrogens (tertiary/aromatic N) is 3. The van der Waals surface area contributed by atoms with Crippen LogP contribution in [0.2, 0.25) is 0 Å². The molecule has 3 amide bonds. The van der Waals surface area contributed by atoms with Gasteiger partial charge in [-0.15, -0.1) is 0 Å². The van der Waals surface area contributed by atoms with Crippen LogP contribution in [0.25, 0.3) is 0 Å². The molecule has 2 aliphatic heterocycles. The first-order chi connectivity index (χ1) is 19.8. The molecule has 3 aromatic rings. The van der Waals surface area contributed by atoms with Crippen LogP contribution >= 0.6 is 0 Å². The highest BCUT2D eigenvalue weighted by Gasteiger charge is 2.25. The van der Waals surface area contributed by atoms with Crippen LogP contribution in [0.1, 0.15) is 28.2 Å². The van der Waals surface area contributed by atoms with Gasteiger partial charge in [0.05, 0.1) is 19.8 Å². The Kier molecular flexibility index (Phi) is 9.11. The number of anilines is 1. The molecule has 0 atom stereocenters. The molecule has 0 bridgehead atoms. The summed E-state index contributed by atoms with van der Waals surface area (Å²) < 4.78 is 22.3. The molecule has 1 fully saturated rings. The van der Waals surface area contributed by atoms with Crippen molar-refractivity contribution < 1.29 is 28.2 Å². The Morgan fingerprint density at radius 2 is 1.71 bits per heavy atom. The monoisotopic (exact) mass is 562 g/mol. The second-order valence-corrected chi connectivity index (χ2v) is 10.6. The van der Waals surface area contributed by atoms with Gasteiger partial charge >= 0.3 is 6.03 Å². The van der Waals surface area contributed by atoms with E-state index in [0.717, 1.165) is 41.2 Å². The van der Waals surface area contributed by atoms with Gasteiger partial charge in [0, 0.05) is 38.4 Å². The van der Waals surface area contributed by atoms with Crippen molar-refractivity contribution >= 4 is 17.6 Å². The van der Waals surface area contributed by atoms with E-state index in [2.05, 4.69) is 10.2 Å². The summed E-state index contributed by atoms with van der Waals surface area (Å²) >= 11 is 0. The van der Waals surface area contributed by atoms with Crippen molar-refractivity contribution in [2.75, 3.05) is 58.0 Å². The number of fused-ring (bicyclic) bond motifs is 1. The Morgan fingerprint density at radius 1 is 0.902 bits per heavy atom. The minimum Gasteiger partial charge on any atom is -0.464 e. The summed E-state index contributed by atoms with van der Waals surface area (Å²) in [4.78, 5) is 33.0. The Balaban J connectivity index is 1.34. The molecule has 0 spiro atoms. The third-order valence-corrected chi connectivity index (χ3v) is 7.33. The van der Waals surface area contributed by atoms with Crippen LogP contribution in [0.5, 0.6) is 11.5 Å². The number of amides is 3. The predicted molar refractivity (Wildman–Crippen MR) is 154 cm³/mol. The number of aryl methyl sites for hydroxylation is 3. The standard InChI is InChI=1S/C31H38N4O6/c1-22-4-8-27(23(2)16-22)32-31(37)34(11-10-33-12-14-38-15-13-33)20-30(36)35(19-26-7-5-24(3)41-26)18-25-6-9-28-29(17-25)40-21-39-28/h4-9,16-17H,10-15,18-21H2,1-3H3,(H,32,37). The zero-order valence-electron chi connectivity index (χ0n) is 24.0. The second kappa shape index (κ2) is 13.1. The lowest BCUT2D eigenvalue weighted by molar-refractivity contribution is -0.133. The average molecular weight is 563 g/mol. The summed E-state index contributed by atoms with van der Waals surface area (Å²) in [5.41, 5.74) is 3.71. The maximum atomic E-state index is 13.9. The molecule has 0 unspecified atom stereocenters. The largest absolute Gasteiger partial charge is 0.464 e. The van der Waals surface area contributed by atoms with Crippen molar-refractivity contribution in [1.82, 2.24) is 14.7 Å². The minimum atomic E-state index is -0.310. The van der Waals surface area contributed by atoms with Crippen molar-refractivity contribution in [2.45, 2.75) is 33.9 Å². The highest BCUT2D eigenvalue weighted by Crippen LogP contribution is 2.33. The lowest BCUT2D eigenvalue weighted by atomic mass is 10.1. The number of nitrogens with one attached hydrogen (secondary N) is 1. The lowest BCUT2D eigenvalue weighted by Crippen LogP contribution is -2.48. The first-order valence-electron chi connectivity index (χ1n) is 14.0. The molecule has 3 heterocycles. The van der Waals surface area contributed by atoms with E-state index in [0.29, 0.717) is 50.1 Å². The molecule has 1 aromatic heterocycles. The minimum absolute atomic E-state index is 0.0781. The molecule has 10 nitrogen and oxygen atoms in total. The number of carbonyl (C=O) groups is 2. The number of furan rings is 1. The molecular formula is C31H38N4O6. The van der Waals surface area contributed by atoms with Crippen LogP contribution in [0, 0.1) is 20.8 Å². The fourth-order valence-electron chi connectivity index (χ4n) is 5.00. The molecule has 0 aliphatic carbocycles. The van der Waals surface area contributed by atoms with E-state index >= 15 is 0 Å². The summed E-state index contributed by atoms with van der Waals surface area (Å²) in [6.45, 7) is 10.5. The van der Waals surface area contributed by atoms with Crippen LogP contribution in [0.15, 0.2) is 52.9 Å². The smallest absolute Gasteiger partial charge is 0.322 e. The SMILES string of the molecule is Cc1ccc(NC(=O)N(CCN2CCOCC2)CC(=O)N(Cc2ccc3c(c2)OCO3)Cc2ccc(C)o2)c(C)c1. The van der Waals surface area contributed by atoms with Gasteiger partial charge in [0.2, 0.25) is 12.7 Å². The van der Waals surface area contributed by atoms with Gasteiger partial charge < -0.3 is 33.7 Å². The summed E-state index contributed by atoms with van der Waals surface area (Å²) in [6, 6.07) is 15.0. The van der Waals surface area contributed by atoms with Crippen LogP contribution in [-0.2, 0) is 22.6 Å². The third kappa shape index (κ3) is 7.59. The fourth-order valence-corrected chi connectivity index (χ4v) is 5.00. The highest BCUT2D eigenvalue weighted by atomic mass is 16.7. The summed E-state index contributed by atoms with van der Waals surface area (Å²) in [7, 11) is 0. The normalized spacial score (nSPS) is 14.6. The Morgan fingerprint density at radius 3 is 2.46 bits per heavy atom. The van der Waals surface area contributed by atoms with Gasteiger partial charge in [0.25, 0.3) is 0 Å². The van der Waals surface area contributed by atoms with Gasteiger partial charge in [-0.05, 0) is 62.2 Å². The quantitative estimate of drug-likeness (QED) is 0.393. The number of urea groups is 1. The van der Waals surface area contributed by atoms with Gasteiger partial charge in [-0.25, -0.2) is 4.79 Å². The maximum absolute atomic E-state index is 13.9. The van der Waals surface area contributed by atoms with Crippen molar-refractivity contribution in [2.24, 2.45) is 0 Å². The van der Waals surface area contributed by atoms with Gasteiger partial charge in [-0.2, -0.15) is 0 Å². The number of hydrogen-bond acceptors (Lipinski definition) is 7. The Bertz CT molecular complexity index is 1370. The van der Waals surface area contributed by atoms with E-state index in [1.165, 1.54) is 0 Å². The van der Waals surface area contributed by atoms with Crippen molar-refractivity contribution in [1.29, 1.82) is 0 Å². The number of carbonyl (C=O) groups excluding carboxylic acids is 2. The van der Waals surface area contributed by atoms with Crippen LogP contribution in [0.4, 0.5) is 10.5 Å². The second-order valence-electron chi connectivity index (χ2n) is 10.6. The van der Waals surface area contributed by atoms with Gasteiger partial charge in [-0.1, -0.05) is 23.8 Å². The molecule has 2 aliphatic rings. The molecule has 41 heavy (non-hydrogen) atoms. The number of ether oxygens (including phenoxy) is 3. The van der Waals surface area contributed by atoms with E-state index in [9.17, 15) is 9.59 Å². The molecule has 1 saturated heterocycles. The average Bonchev–Trinajstić information content (AvgIpc) is 3.60. The number of morpholine rings is 1. The Hall–Kier alpha value is -4.02. The van der Waals surface area contributed by atoms with E-state index in [4.69, 9.17) is 18.6 Å². The molecule has 10 heteroatoms. The molecule has 5 rings (SSSR count). The zero-order chi connectivity index (χ0) is 28.8. The van der Waals surface area contributed by atoms with Crippen LogP contribution in [0.3, 0.4) is 0 Å². The topological polar surface area (TPSA) is 96.7 Å². The summed E-state index contributed by atoms with van der Waals surface area (Å²) in [5.74, 6) is 2.61. The van der Waals surface area contributed by atoms with Crippen molar-refractivity contribution in [3.8, 4) is 11.5 Å². The van der Waals surface area contributed by atoms with Gasteiger partial charge in [-0.3, -0.25) is 9.69 Å². The lowest BCUT2D eigenvalue weighted by Gasteiger charge is -2.31. The Labute approximate surface area is 240 Å². The zero-order valence-corrected chi connectivity index (χ0v) is 24.0. The first kappa shape index (κ1) is 28.5. The number of rotatable bonds is 10. The summed E-state index contributed by atoms with van der Waals surface area (Å²) in [5, 5.41) is 3.02. The third-order valence-electron chi connectivity index (χ3n) is 7.33. The maximum Gasteiger partial charge on any atom is 0.322 e. The molecule has 1 N–H and O–H groups in total. The molecular weight excluding hydrogens is 524 g/mol. The first-order valence-corrected chi connectivity index (χ1v) is 14.0. The number of hydrogen-bond donors (Lipinski definition) is 1. The van der Waals surface area contributed by atoms with E-state index in [1.54, 1.807) is 9.80 Å². The molecule has 2 aromatic carbocycles. The van der Waals surface area contributed by atoms with E-state index in [-0.39, 0.29) is 31.8 Å². The van der Waals surface area contributed by atoms with Gasteiger partial charge in [0.15, 0.2) is 11.5 Å². The van der Waals surface area contributed by atoms with Crippen molar-refractivity contribution in [3.05, 3.63) is 76.7 Å². The van der Waals surface area contributed by atoms with E-state index in [1.807, 2.05) is 69.3 Å². The number of benzene rings is 2. The van der Waals surface area contributed by atoms with Crippen LogP contribution < -0.4 is 14.8 Å². The predicted octanol–water partition coefficient (Wildman–Crippen LogP) is 4.33. The summed E-state index contributed by atoms with van der Waals surface area (Å²) in [6.07, 6.45) is 0. The highest BCUT2D eigenvalue weighted by molar-refractivity contribution is 5.93. The molecule has 0 saturated carbocycles. The fraction of sp³-hybridized carbons (Fsp3) is 0.419.